The highest BCUT2D eigenvalue weighted by Gasteiger charge is 2.47. The van der Waals surface area contributed by atoms with Gasteiger partial charge in [0.15, 0.2) is 5.30 Å². The molecule has 0 spiro atoms. The number of rotatable bonds is 5. The van der Waals surface area contributed by atoms with Gasteiger partial charge in [-0.3, -0.25) is 9.05 Å². The van der Waals surface area contributed by atoms with Crippen LogP contribution in [0.5, 0.6) is 0 Å². The summed E-state index contributed by atoms with van der Waals surface area (Å²) in [6, 6.07) is 8.69. The van der Waals surface area contributed by atoms with E-state index in [1.807, 2.05) is 6.07 Å². The zero-order valence-electron chi connectivity index (χ0n) is 12.2. The van der Waals surface area contributed by atoms with Gasteiger partial charge in [0, 0.05) is 0 Å². The molecule has 0 aliphatic rings. The molecule has 1 aromatic carbocycles. The molecule has 0 heterocycles. The van der Waals surface area contributed by atoms with Crippen molar-refractivity contribution in [2.75, 3.05) is 0 Å². The van der Waals surface area contributed by atoms with E-state index < -0.39 is 19.5 Å². The summed E-state index contributed by atoms with van der Waals surface area (Å²) in [5, 5.41) is 0.517. The highest BCUT2D eigenvalue weighted by atomic mass is 31.2. The standard InChI is InChI=1S/C14H19BO4P/c1-10(2)13(16)18-20(15,19-14(17)11(3)4)12-8-6-5-7-9-12/h5-11H,1-4H3/q+1. The molecule has 0 N–H and O–H groups in total. The maximum absolute atomic E-state index is 11.8. The van der Waals surface area contributed by atoms with Gasteiger partial charge in [0.2, 0.25) is 0 Å². The first-order valence-electron chi connectivity index (χ1n) is 6.46. The number of hydrogen-bond acceptors (Lipinski definition) is 4. The average molecular weight is 293 g/mol. The van der Waals surface area contributed by atoms with E-state index in [0.717, 1.165) is 0 Å². The van der Waals surface area contributed by atoms with Gasteiger partial charge in [0.1, 0.15) is 0 Å². The fourth-order valence-corrected chi connectivity index (χ4v) is 3.03. The van der Waals surface area contributed by atoms with Gasteiger partial charge < -0.3 is 0 Å². The molecule has 0 atom stereocenters. The zero-order chi connectivity index (χ0) is 15.3. The first-order chi connectivity index (χ1) is 9.26. The molecular formula is C14H19BO4P+. The quantitative estimate of drug-likeness (QED) is 0.618. The molecule has 0 aliphatic carbocycles. The van der Waals surface area contributed by atoms with E-state index in [9.17, 15) is 9.59 Å². The Bertz CT molecular complexity index is 451. The Morgan fingerprint density at radius 2 is 1.35 bits per heavy atom. The van der Waals surface area contributed by atoms with E-state index in [0.29, 0.717) is 5.30 Å². The Morgan fingerprint density at radius 1 is 0.950 bits per heavy atom. The Morgan fingerprint density at radius 3 is 1.70 bits per heavy atom. The van der Waals surface area contributed by atoms with E-state index in [2.05, 4.69) is 0 Å². The molecule has 1 rings (SSSR count). The summed E-state index contributed by atoms with van der Waals surface area (Å²) < 4.78 is 10.6. The molecule has 4 nitrogen and oxygen atoms in total. The monoisotopic (exact) mass is 293 g/mol. The molecule has 0 aliphatic heterocycles. The molecule has 6 heteroatoms. The zero-order valence-corrected chi connectivity index (χ0v) is 13.1. The second-order valence-electron chi connectivity index (χ2n) is 5.06. The molecule has 0 bridgehead atoms. The Hall–Kier alpha value is -1.35. The number of hydrogen-bond donors (Lipinski definition) is 0. The minimum Gasteiger partial charge on any atom is -0.287 e. The van der Waals surface area contributed by atoms with Crippen LogP contribution in [0.15, 0.2) is 30.3 Å². The summed E-state index contributed by atoms with van der Waals surface area (Å²) in [4.78, 5) is 23.6. The van der Waals surface area contributed by atoms with E-state index in [4.69, 9.17) is 16.6 Å². The molecule has 20 heavy (non-hydrogen) atoms. The first-order valence-corrected chi connectivity index (χ1v) is 8.15. The summed E-state index contributed by atoms with van der Waals surface area (Å²) in [7, 11) is 2.88. The summed E-state index contributed by atoms with van der Waals surface area (Å²) in [6.07, 6.45) is 0. The maximum atomic E-state index is 11.8. The lowest BCUT2D eigenvalue weighted by molar-refractivity contribution is -0.141. The van der Waals surface area contributed by atoms with Crippen LogP contribution in [0.25, 0.3) is 0 Å². The van der Waals surface area contributed by atoms with Crippen molar-refractivity contribution in [2.24, 2.45) is 11.8 Å². The van der Waals surface area contributed by atoms with Crippen LogP contribution in [0.1, 0.15) is 27.7 Å². The molecule has 106 valence electrons. The van der Waals surface area contributed by atoms with E-state index in [-0.39, 0.29) is 11.8 Å². The summed E-state index contributed by atoms with van der Waals surface area (Å²) >= 11 is 0. The van der Waals surface area contributed by atoms with Crippen LogP contribution in [0, 0.1) is 11.8 Å². The molecule has 0 saturated carbocycles. The first kappa shape index (κ1) is 16.7. The fraction of sp³-hybridized carbons (Fsp3) is 0.429. The van der Waals surface area contributed by atoms with Gasteiger partial charge in [-0.2, -0.15) is 0 Å². The lowest BCUT2D eigenvalue weighted by Gasteiger charge is -2.21. The van der Waals surface area contributed by atoms with Crippen molar-refractivity contribution in [1.29, 1.82) is 0 Å². The van der Waals surface area contributed by atoms with Crippen LogP contribution in [0.3, 0.4) is 0 Å². The van der Waals surface area contributed by atoms with E-state index in [1.165, 1.54) is 0 Å². The number of benzene rings is 1. The lowest BCUT2D eigenvalue weighted by Crippen LogP contribution is -2.25. The average Bonchev–Trinajstić information content (AvgIpc) is 2.39. The topological polar surface area (TPSA) is 52.6 Å². The van der Waals surface area contributed by atoms with Crippen LogP contribution >= 0.6 is 7.59 Å². The highest BCUT2D eigenvalue weighted by Crippen LogP contribution is 2.56. The predicted molar refractivity (Wildman–Crippen MR) is 80.6 cm³/mol. The molecular weight excluding hydrogens is 274 g/mol. The van der Waals surface area contributed by atoms with Crippen LogP contribution in [0.4, 0.5) is 0 Å². The summed E-state index contributed by atoms with van der Waals surface area (Å²) in [5.41, 5.74) is 0. The molecule has 1 aromatic rings. The Balaban J connectivity index is 3.06. The lowest BCUT2D eigenvalue weighted by atomic mass is 10.2. The largest absolute Gasteiger partial charge is 0.478 e. The molecule has 0 aromatic heterocycles. The second-order valence-corrected chi connectivity index (χ2v) is 7.14. The van der Waals surface area contributed by atoms with Gasteiger partial charge in [-0.25, -0.2) is 9.59 Å². The van der Waals surface area contributed by atoms with Gasteiger partial charge in [0.05, 0.1) is 11.8 Å². The van der Waals surface area contributed by atoms with Crippen LogP contribution < -0.4 is 5.30 Å². The Labute approximate surface area is 121 Å². The smallest absolute Gasteiger partial charge is 0.287 e. The van der Waals surface area contributed by atoms with Crippen molar-refractivity contribution in [3.05, 3.63) is 30.3 Å². The predicted octanol–water partition coefficient (Wildman–Crippen LogP) is 2.64. The van der Waals surface area contributed by atoms with Crippen LogP contribution in [-0.2, 0) is 18.6 Å². The molecule has 0 saturated heterocycles. The normalized spacial score (nSPS) is 11.5. The number of carbonyl (C=O) groups excluding carboxylic acids is 2. The van der Waals surface area contributed by atoms with Crippen LogP contribution in [0.2, 0.25) is 0 Å². The summed E-state index contributed by atoms with van der Waals surface area (Å²) in [5.74, 6) is -1.67. The molecule has 0 unspecified atom stereocenters. The number of carbonyl (C=O) groups is 2. The van der Waals surface area contributed by atoms with Gasteiger partial charge in [0.25, 0.3) is 0 Å². The third kappa shape index (κ3) is 4.34. The van der Waals surface area contributed by atoms with Crippen molar-refractivity contribution in [2.45, 2.75) is 27.7 Å². The van der Waals surface area contributed by atoms with Crippen LogP contribution in [-0.4, -0.2) is 19.5 Å². The van der Waals surface area contributed by atoms with E-state index in [1.54, 1.807) is 52.0 Å². The molecule has 2 radical (unpaired) electrons. The third-order valence-corrected chi connectivity index (χ3v) is 4.43. The van der Waals surface area contributed by atoms with E-state index >= 15 is 0 Å². The minimum atomic E-state index is -3.24. The van der Waals surface area contributed by atoms with Crippen molar-refractivity contribution in [3.8, 4) is 0 Å². The fourth-order valence-electron chi connectivity index (χ4n) is 1.24. The maximum Gasteiger partial charge on any atom is 0.478 e. The molecule has 0 amide bonds. The molecule has 0 fully saturated rings. The van der Waals surface area contributed by atoms with Gasteiger partial charge in [-0.1, -0.05) is 45.9 Å². The van der Waals surface area contributed by atoms with Crippen molar-refractivity contribution in [3.63, 3.8) is 0 Å². The highest BCUT2D eigenvalue weighted by molar-refractivity contribution is 7.96. The Kier molecular flexibility index (Phi) is 5.76. The van der Waals surface area contributed by atoms with Gasteiger partial charge in [-0.15, -0.1) is 0 Å². The minimum absolute atomic E-state index is 0.348. The van der Waals surface area contributed by atoms with Crippen molar-refractivity contribution in [1.82, 2.24) is 0 Å². The third-order valence-electron chi connectivity index (χ3n) is 2.51. The van der Waals surface area contributed by atoms with Crippen molar-refractivity contribution >= 4 is 32.4 Å². The van der Waals surface area contributed by atoms with Gasteiger partial charge >= 0.3 is 27.1 Å². The SMILES string of the molecule is [B][P+](OC(=O)C(C)C)(OC(=O)C(C)C)c1ccccc1. The van der Waals surface area contributed by atoms with Crippen molar-refractivity contribution < 1.29 is 18.6 Å². The van der Waals surface area contributed by atoms with Gasteiger partial charge in [-0.05, 0) is 12.1 Å². The second kappa shape index (κ2) is 6.89. The summed E-state index contributed by atoms with van der Waals surface area (Å²) in [6.45, 7) is 6.79.